The number of methoxy groups -OCH3 is 4. The summed E-state index contributed by atoms with van der Waals surface area (Å²) in [5, 5.41) is 3.04. The van der Waals surface area contributed by atoms with Crippen LogP contribution in [-0.4, -0.2) is 44.7 Å². The molecule has 0 spiro atoms. The quantitative estimate of drug-likeness (QED) is 0.332. The molecule has 0 atom stereocenters. The van der Waals surface area contributed by atoms with Gasteiger partial charge in [0.2, 0.25) is 11.3 Å². The van der Waals surface area contributed by atoms with Crippen LogP contribution in [-0.2, 0) is 11.3 Å². The van der Waals surface area contributed by atoms with Crippen LogP contribution in [0.15, 0.2) is 65.6 Å². The Bertz CT molecular complexity index is 1550. The van der Waals surface area contributed by atoms with Crippen molar-refractivity contribution in [2.45, 2.75) is 13.5 Å². The number of amides is 1. The Morgan fingerprint density at radius 3 is 2.00 bits per heavy atom. The normalized spacial score (nSPS) is 10.7. The third-order valence-electron chi connectivity index (χ3n) is 6.09. The summed E-state index contributed by atoms with van der Waals surface area (Å²) < 4.78 is 22.9. The number of hydrogen-bond donors (Lipinski definition) is 1. The number of aromatic nitrogens is 1. The largest absolute Gasteiger partial charge is 0.497 e. The van der Waals surface area contributed by atoms with E-state index in [1.54, 1.807) is 53.1 Å². The fourth-order valence-electron chi connectivity index (χ4n) is 4.10. The van der Waals surface area contributed by atoms with Gasteiger partial charge in [0.15, 0.2) is 17.3 Å². The molecule has 4 aromatic rings. The molecule has 196 valence electrons. The van der Waals surface area contributed by atoms with Gasteiger partial charge in [-0.15, -0.1) is 0 Å². The van der Waals surface area contributed by atoms with Crippen molar-refractivity contribution in [1.29, 1.82) is 0 Å². The number of nitrogens with zero attached hydrogens (tertiary/aromatic N) is 1. The van der Waals surface area contributed by atoms with Gasteiger partial charge in [-0.05, 0) is 13.0 Å². The molecule has 0 fully saturated rings. The molecule has 3 aromatic carbocycles. The molecule has 0 aliphatic heterocycles. The Hall–Kier alpha value is -4.79. The highest BCUT2D eigenvalue weighted by atomic mass is 16.5. The first-order valence-corrected chi connectivity index (χ1v) is 11.7. The minimum absolute atomic E-state index is 0.0653. The van der Waals surface area contributed by atoms with Crippen LogP contribution in [0.3, 0.4) is 0 Å². The van der Waals surface area contributed by atoms with Crippen molar-refractivity contribution in [1.82, 2.24) is 4.57 Å². The average molecular weight is 517 g/mol. The topological polar surface area (TPSA) is 105 Å². The fourth-order valence-corrected chi connectivity index (χ4v) is 4.10. The molecule has 0 aliphatic rings. The van der Waals surface area contributed by atoms with Crippen LogP contribution in [0.5, 0.6) is 23.0 Å². The number of rotatable bonds is 9. The van der Waals surface area contributed by atoms with Crippen molar-refractivity contribution in [2.24, 2.45) is 0 Å². The molecule has 0 saturated carbocycles. The van der Waals surface area contributed by atoms with Gasteiger partial charge < -0.3 is 28.8 Å². The molecule has 9 heteroatoms. The van der Waals surface area contributed by atoms with Crippen LogP contribution < -0.4 is 29.7 Å². The van der Waals surface area contributed by atoms with Crippen molar-refractivity contribution in [3.8, 4) is 23.0 Å². The summed E-state index contributed by atoms with van der Waals surface area (Å²) in [4.78, 5) is 40.0. The van der Waals surface area contributed by atoms with E-state index in [4.69, 9.17) is 18.9 Å². The number of ketones is 1. The molecule has 1 aromatic heterocycles. The smallest absolute Gasteiger partial charge is 0.244 e. The molecule has 4 rings (SSSR count). The van der Waals surface area contributed by atoms with E-state index in [1.807, 2.05) is 6.92 Å². The molecule has 0 radical (unpaired) electrons. The van der Waals surface area contributed by atoms with Crippen molar-refractivity contribution in [3.63, 3.8) is 0 Å². The number of ether oxygens (including phenoxy) is 4. The van der Waals surface area contributed by atoms with Crippen LogP contribution in [0.25, 0.3) is 10.9 Å². The van der Waals surface area contributed by atoms with E-state index < -0.39 is 17.1 Å². The maximum atomic E-state index is 13.5. The third-order valence-corrected chi connectivity index (χ3v) is 6.09. The van der Waals surface area contributed by atoms with Gasteiger partial charge in [0.05, 0.1) is 44.9 Å². The summed E-state index contributed by atoms with van der Waals surface area (Å²) in [5.74, 6) is 0.889. The zero-order chi connectivity index (χ0) is 27.4. The molecule has 0 bridgehead atoms. The number of benzene rings is 3. The Morgan fingerprint density at radius 1 is 0.816 bits per heavy atom. The molecule has 0 aliphatic carbocycles. The van der Waals surface area contributed by atoms with E-state index in [9.17, 15) is 14.4 Å². The van der Waals surface area contributed by atoms with Gasteiger partial charge in [-0.25, -0.2) is 0 Å². The van der Waals surface area contributed by atoms with Gasteiger partial charge in [-0.1, -0.05) is 29.8 Å². The Kier molecular flexibility index (Phi) is 7.66. The van der Waals surface area contributed by atoms with Gasteiger partial charge in [-0.3, -0.25) is 14.4 Å². The number of fused-ring (bicyclic) bond motifs is 1. The Balaban J connectivity index is 1.81. The number of hydrogen-bond acceptors (Lipinski definition) is 7. The summed E-state index contributed by atoms with van der Waals surface area (Å²) in [6.45, 7) is 1.72. The van der Waals surface area contributed by atoms with E-state index in [-0.39, 0.29) is 17.5 Å². The van der Waals surface area contributed by atoms with Crippen molar-refractivity contribution >= 4 is 28.3 Å². The molecule has 0 saturated heterocycles. The highest BCUT2D eigenvalue weighted by molar-refractivity contribution is 6.10. The van der Waals surface area contributed by atoms with Gasteiger partial charge in [0.25, 0.3) is 0 Å². The Morgan fingerprint density at radius 2 is 1.42 bits per heavy atom. The average Bonchev–Trinajstić information content (AvgIpc) is 2.93. The van der Waals surface area contributed by atoms with E-state index in [1.165, 1.54) is 40.7 Å². The summed E-state index contributed by atoms with van der Waals surface area (Å²) in [5.41, 5.74) is 1.69. The monoisotopic (exact) mass is 516 g/mol. The fraction of sp³-hybridized carbons (Fsp3) is 0.207. The van der Waals surface area contributed by atoms with Crippen LogP contribution >= 0.6 is 0 Å². The molecule has 0 unspecified atom stereocenters. The number of pyridine rings is 1. The number of carbonyl (C=O) groups is 2. The minimum Gasteiger partial charge on any atom is -0.497 e. The number of nitrogens with one attached hydrogen (secondary N) is 1. The van der Waals surface area contributed by atoms with Crippen LogP contribution in [0, 0.1) is 6.92 Å². The predicted molar refractivity (Wildman–Crippen MR) is 144 cm³/mol. The first-order valence-electron chi connectivity index (χ1n) is 11.7. The maximum Gasteiger partial charge on any atom is 0.244 e. The molecule has 1 heterocycles. The number of carbonyl (C=O) groups excluding carboxylic acids is 2. The van der Waals surface area contributed by atoms with Crippen molar-refractivity contribution in [2.75, 3.05) is 33.8 Å². The molecule has 1 N–H and O–H groups in total. The lowest BCUT2D eigenvalue weighted by atomic mass is 10.0. The van der Waals surface area contributed by atoms with Gasteiger partial charge in [-0.2, -0.15) is 0 Å². The molecule has 1 amide bonds. The highest BCUT2D eigenvalue weighted by Gasteiger charge is 2.20. The van der Waals surface area contributed by atoms with E-state index in [0.29, 0.717) is 39.8 Å². The van der Waals surface area contributed by atoms with Crippen LogP contribution in [0.4, 0.5) is 5.69 Å². The summed E-state index contributed by atoms with van der Waals surface area (Å²) in [6.07, 6.45) is 1.41. The maximum absolute atomic E-state index is 13.5. The van der Waals surface area contributed by atoms with Gasteiger partial charge in [0, 0.05) is 41.7 Å². The first kappa shape index (κ1) is 26.3. The molecular formula is C29H28N2O7. The zero-order valence-corrected chi connectivity index (χ0v) is 21.8. The lowest BCUT2D eigenvalue weighted by molar-refractivity contribution is -0.116. The lowest BCUT2D eigenvalue weighted by Crippen LogP contribution is -2.24. The van der Waals surface area contributed by atoms with Crippen LogP contribution in [0.1, 0.15) is 21.5 Å². The first-order chi connectivity index (χ1) is 18.3. The van der Waals surface area contributed by atoms with E-state index >= 15 is 0 Å². The molecule has 38 heavy (non-hydrogen) atoms. The lowest BCUT2D eigenvalue weighted by Gasteiger charge is -2.16. The SMILES string of the molecule is COc1cc(NC(=O)Cn2cc(C(=O)c3ccc(C)cc3)c(=O)c3cc(OC)c(OC)cc32)cc(OC)c1. The third kappa shape index (κ3) is 5.31. The zero-order valence-electron chi connectivity index (χ0n) is 21.8. The van der Waals surface area contributed by atoms with Gasteiger partial charge >= 0.3 is 0 Å². The van der Waals surface area contributed by atoms with E-state index in [0.717, 1.165) is 5.56 Å². The Labute approximate surface area is 219 Å². The van der Waals surface area contributed by atoms with Crippen molar-refractivity contribution in [3.05, 3.63) is 87.7 Å². The number of aryl methyl sites for hydroxylation is 1. The second kappa shape index (κ2) is 11.1. The highest BCUT2D eigenvalue weighted by Crippen LogP contribution is 2.31. The summed E-state index contributed by atoms with van der Waals surface area (Å²) in [7, 11) is 5.96. The second-order valence-electron chi connectivity index (χ2n) is 8.57. The van der Waals surface area contributed by atoms with Gasteiger partial charge in [0.1, 0.15) is 18.0 Å². The van der Waals surface area contributed by atoms with Crippen molar-refractivity contribution < 1.29 is 28.5 Å². The van der Waals surface area contributed by atoms with E-state index in [2.05, 4.69) is 5.32 Å². The second-order valence-corrected chi connectivity index (χ2v) is 8.57. The minimum atomic E-state index is -0.472. The number of anilines is 1. The summed E-state index contributed by atoms with van der Waals surface area (Å²) >= 11 is 0. The summed E-state index contributed by atoms with van der Waals surface area (Å²) in [6, 6.07) is 15.1. The van der Waals surface area contributed by atoms with Crippen LogP contribution in [0.2, 0.25) is 0 Å². The predicted octanol–water partition coefficient (Wildman–Crippen LogP) is 4.21. The molecule has 9 nitrogen and oxygen atoms in total. The standard InChI is InChI=1S/C29H28N2O7/c1-17-6-8-18(9-7-17)28(33)23-15-31(24-14-26(38-5)25(37-4)13-22(24)29(23)34)16-27(32)30-19-10-20(35-2)12-21(11-19)36-3/h6-15H,16H2,1-5H3,(H,30,32). The molecular weight excluding hydrogens is 488 g/mol.